The zero-order valence-corrected chi connectivity index (χ0v) is 23.5. The number of anilines is 2. The standard InChI is InChI=1S/C26H28ClN3O6S2/c1-17-4-7-21(14-19(17)3)29-37(32,33)22-8-9-24(27)23(16-22)26(31)28-20-6-5-18(2)25(15-20)38(34,35)30-10-12-36-13-11-30/h4-9,14-16,29H,10-13H2,1-3H3,(H,28,31). The fourth-order valence-electron chi connectivity index (χ4n) is 3.94. The number of hydrogen-bond donors (Lipinski definition) is 2. The predicted octanol–water partition coefficient (Wildman–Crippen LogP) is 4.34. The minimum Gasteiger partial charge on any atom is -0.379 e. The molecule has 1 amide bonds. The van der Waals surface area contributed by atoms with Gasteiger partial charge in [-0.15, -0.1) is 0 Å². The molecule has 1 aliphatic heterocycles. The maximum absolute atomic E-state index is 13.2. The number of ether oxygens (including phenoxy) is 1. The molecule has 0 spiro atoms. The Kier molecular flexibility index (Phi) is 8.15. The van der Waals surface area contributed by atoms with Crippen molar-refractivity contribution in [3.8, 4) is 0 Å². The summed E-state index contributed by atoms with van der Waals surface area (Å²) in [5, 5.41) is 2.68. The first-order valence-electron chi connectivity index (χ1n) is 11.8. The molecule has 0 bridgehead atoms. The Labute approximate surface area is 227 Å². The first kappa shape index (κ1) is 28.1. The highest BCUT2D eigenvalue weighted by Gasteiger charge is 2.28. The Morgan fingerprint density at radius 2 is 1.50 bits per heavy atom. The number of carbonyl (C=O) groups excluding carboxylic acids is 1. The highest BCUT2D eigenvalue weighted by molar-refractivity contribution is 7.92. The van der Waals surface area contributed by atoms with E-state index in [0.717, 1.165) is 11.1 Å². The molecule has 202 valence electrons. The lowest BCUT2D eigenvalue weighted by molar-refractivity contribution is 0.0730. The first-order chi connectivity index (χ1) is 17.9. The van der Waals surface area contributed by atoms with Crippen LogP contribution in [-0.2, 0) is 24.8 Å². The second-order valence-electron chi connectivity index (χ2n) is 9.00. The Balaban J connectivity index is 1.59. The molecule has 9 nitrogen and oxygen atoms in total. The van der Waals surface area contributed by atoms with Crippen molar-refractivity contribution < 1.29 is 26.4 Å². The van der Waals surface area contributed by atoms with E-state index in [1.165, 1.54) is 28.6 Å². The summed E-state index contributed by atoms with van der Waals surface area (Å²) in [5.74, 6) is -0.684. The third-order valence-electron chi connectivity index (χ3n) is 6.29. The molecular weight excluding hydrogens is 550 g/mol. The normalized spacial score (nSPS) is 14.7. The molecule has 0 atom stereocenters. The van der Waals surface area contributed by atoms with Crippen LogP contribution in [0.1, 0.15) is 27.0 Å². The molecule has 12 heteroatoms. The zero-order valence-electron chi connectivity index (χ0n) is 21.1. The van der Waals surface area contributed by atoms with Crippen LogP contribution in [0, 0.1) is 20.8 Å². The smallest absolute Gasteiger partial charge is 0.261 e. The van der Waals surface area contributed by atoms with Crippen LogP contribution in [-0.4, -0.2) is 53.4 Å². The second-order valence-corrected chi connectivity index (χ2v) is 13.0. The zero-order chi connectivity index (χ0) is 27.7. The van der Waals surface area contributed by atoms with Crippen LogP contribution in [0.15, 0.2) is 64.4 Å². The largest absolute Gasteiger partial charge is 0.379 e. The highest BCUT2D eigenvalue weighted by atomic mass is 35.5. The molecule has 0 aliphatic carbocycles. The van der Waals surface area contributed by atoms with Crippen molar-refractivity contribution in [2.45, 2.75) is 30.6 Å². The lowest BCUT2D eigenvalue weighted by Crippen LogP contribution is -2.40. The van der Waals surface area contributed by atoms with Gasteiger partial charge in [-0.25, -0.2) is 16.8 Å². The topological polar surface area (TPSA) is 122 Å². The van der Waals surface area contributed by atoms with Crippen molar-refractivity contribution in [1.82, 2.24) is 4.31 Å². The number of morpholine rings is 1. The number of benzene rings is 3. The number of sulfonamides is 2. The molecule has 2 N–H and O–H groups in total. The van der Waals surface area contributed by atoms with E-state index in [9.17, 15) is 21.6 Å². The van der Waals surface area contributed by atoms with Crippen LogP contribution in [0.4, 0.5) is 11.4 Å². The number of carbonyl (C=O) groups is 1. The van der Waals surface area contributed by atoms with E-state index in [0.29, 0.717) is 24.5 Å². The number of aryl methyl sites for hydroxylation is 3. The van der Waals surface area contributed by atoms with Gasteiger partial charge in [0.05, 0.1) is 33.6 Å². The van der Waals surface area contributed by atoms with Gasteiger partial charge in [-0.05, 0) is 79.9 Å². The molecule has 1 heterocycles. The van der Waals surface area contributed by atoms with Gasteiger partial charge >= 0.3 is 0 Å². The SMILES string of the molecule is Cc1ccc(NS(=O)(=O)c2ccc(Cl)c(C(=O)Nc3ccc(C)c(S(=O)(=O)N4CCOCC4)c3)c2)cc1C. The van der Waals surface area contributed by atoms with Crippen LogP contribution in [0.3, 0.4) is 0 Å². The van der Waals surface area contributed by atoms with Crippen LogP contribution in [0.5, 0.6) is 0 Å². The number of nitrogens with one attached hydrogen (secondary N) is 2. The van der Waals surface area contributed by atoms with E-state index >= 15 is 0 Å². The Bertz CT molecular complexity index is 1600. The summed E-state index contributed by atoms with van der Waals surface area (Å²) in [6, 6.07) is 13.5. The number of hydrogen-bond acceptors (Lipinski definition) is 6. The Morgan fingerprint density at radius 1 is 0.842 bits per heavy atom. The summed E-state index contributed by atoms with van der Waals surface area (Å²) in [6.45, 7) is 6.58. The third-order valence-corrected chi connectivity index (χ3v) is 10.0. The minimum absolute atomic E-state index is 0.0425. The molecule has 1 fully saturated rings. The van der Waals surface area contributed by atoms with Gasteiger partial charge in [0.15, 0.2) is 0 Å². The minimum atomic E-state index is -4.02. The molecule has 1 aliphatic rings. The van der Waals surface area contributed by atoms with E-state index in [2.05, 4.69) is 10.0 Å². The first-order valence-corrected chi connectivity index (χ1v) is 15.1. The molecule has 0 radical (unpaired) electrons. The molecule has 0 aromatic heterocycles. The number of halogens is 1. The van der Waals surface area contributed by atoms with Gasteiger partial charge in [0.25, 0.3) is 15.9 Å². The lowest BCUT2D eigenvalue weighted by atomic mass is 10.1. The number of nitrogens with zero attached hydrogens (tertiary/aromatic N) is 1. The molecule has 38 heavy (non-hydrogen) atoms. The molecular formula is C26H28ClN3O6S2. The van der Waals surface area contributed by atoms with E-state index in [1.807, 2.05) is 19.9 Å². The Hall–Kier alpha value is -2.96. The summed E-state index contributed by atoms with van der Waals surface area (Å²) in [5.41, 5.74) is 3.02. The van der Waals surface area contributed by atoms with Gasteiger partial charge in [0, 0.05) is 24.5 Å². The van der Waals surface area contributed by atoms with Crippen molar-refractivity contribution in [2.75, 3.05) is 36.3 Å². The van der Waals surface area contributed by atoms with Crippen molar-refractivity contribution in [1.29, 1.82) is 0 Å². The van der Waals surface area contributed by atoms with E-state index in [1.54, 1.807) is 31.2 Å². The van der Waals surface area contributed by atoms with E-state index in [4.69, 9.17) is 16.3 Å². The fourth-order valence-corrected chi connectivity index (χ4v) is 6.88. The molecule has 1 saturated heterocycles. The Morgan fingerprint density at radius 3 is 2.18 bits per heavy atom. The molecule has 3 aromatic carbocycles. The van der Waals surface area contributed by atoms with Gasteiger partial charge in [0.2, 0.25) is 10.0 Å². The van der Waals surface area contributed by atoms with Crippen molar-refractivity contribution in [3.05, 3.63) is 81.9 Å². The summed E-state index contributed by atoms with van der Waals surface area (Å²) in [6.07, 6.45) is 0. The van der Waals surface area contributed by atoms with Crippen LogP contribution in [0.25, 0.3) is 0 Å². The molecule has 3 aromatic rings. The van der Waals surface area contributed by atoms with E-state index < -0.39 is 26.0 Å². The summed E-state index contributed by atoms with van der Waals surface area (Å²) >= 11 is 6.25. The number of amides is 1. The summed E-state index contributed by atoms with van der Waals surface area (Å²) in [4.78, 5) is 13.0. The van der Waals surface area contributed by atoms with Crippen molar-refractivity contribution >= 4 is 48.9 Å². The lowest BCUT2D eigenvalue weighted by Gasteiger charge is -2.26. The van der Waals surface area contributed by atoms with Crippen LogP contribution < -0.4 is 10.0 Å². The maximum atomic E-state index is 13.2. The third kappa shape index (κ3) is 6.02. The van der Waals surface area contributed by atoms with Crippen molar-refractivity contribution in [3.63, 3.8) is 0 Å². The summed E-state index contributed by atoms with van der Waals surface area (Å²) in [7, 11) is -7.81. The van der Waals surface area contributed by atoms with Crippen LogP contribution in [0.2, 0.25) is 5.02 Å². The van der Waals surface area contributed by atoms with E-state index in [-0.39, 0.29) is 39.2 Å². The summed E-state index contributed by atoms with van der Waals surface area (Å²) < 4.78 is 61.5. The van der Waals surface area contributed by atoms with Gasteiger partial charge in [-0.1, -0.05) is 23.7 Å². The van der Waals surface area contributed by atoms with Crippen LogP contribution >= 0.6 is 11.6 Å². The fraction of sp³-hybridized carbons (Fsp3) is 0.269. The highest BCUT2D eigenvalue weighted by Crippen LogP contribution is 2.27. The van der Waals surface area contributed by atoms with Gasteiger partial charge in [-0.2, -0.15) is 4.31 Å². The maximum Gasteiger partial charge on any atom is 0.261 e. The number of rotatable bonds is 7. The van der Waals surface area contributed by atoms with Gasteiger partial charge in [0.1, 0.15) is 0 Å². The van der Waals surface area contributed by atoms with Gasteiger partial charge < -0.3 is 10.1 Å². The quantitative estimate of drug-likeness (QED) is 0.431. The molecule has 4 rings (SSSR count). The average Bonchev–Trinajstić information content (AvgIpc) is 2.87. The average molecular weight is 578 g/mol. The molecule has 0 saturated carbocycles. The predicted molar refractivity (Wildman–Crippen MR) is 147 cm³/mol. The molecule has 0 unspecified atom stereocenters. The van der Waals surface area contributed by atoms with Crippen molar-refractivity contribution in [2.24, 2.45) is 0 Å². The van der Waals surface area contributed by atoms with Gasteiger partial charge in [-0.3, -0.25) is 9.52 Å². The monoisotopic (exact) mass is 577 g/mol. The second kappa shape index (κ2) is 11.0.